The molecule has 2 aromatic rings. The number of nitrogens with zero attached hydrogens (tertiary/aromatic N) is 1. The van der Waals surface area contributed by atoms with Gasteiger partial charge in [-0.25, -0.2) is 4.79 Å². The molecule has 0 fully saturated rings. The molecule has 4 nitrogen and oxygen atoms in total. The Kier molecular flexibility index (Phi) is 2.47. The number of methoxy groups -OCH3 is 1. The topological polar surface area (TPSA) is 55.7 Å². The van der Waals surface area contributed by atoms with E-state index in [-0.39, 0.29) is 0 Å². The number of fused-ring (bicyclic) bond motifs is 1. The molecular weight excluding hydrogens is 214 g/mol. The van der Waals surface area contributed by atoms with Gasteiger partial charge in [-0.05, 0) is 22.7 Å². The van der Waals surface area contributed by atoms with Gasteiger partial charge in [-0.2, -0.15) is 0 Å². The van der Waals surface area contributed by atoms with E-state index < -0.39 is 5.97 Å². The number of hydrogen-bond donors (Lipinski definition) is 0. The van der Waals surface area contributed by atoms with Gasteiger partial charge in [0.15, 0.2) is 0 Å². The van der Waals surface area contributed by atoms with E-state index in [4.69, 9.17) is 0 Å². The summed E-state index contributed by atoms with van der Waals surface area (Å²) < 4.78 is 5.32. The fourth-order valence-corrected chi connectivity index (χ4v) is 2.35. The molecular formula is C10H7NO3S. The van der Waals surface area contributed by atoms with Crippen molar-refractivity contribution in [1.82, 2.24) is 0 Å². The molecule has 5 heteroatoms. The second kappa shape index (κ2) is 3.78. The maximum atomic E-state index is 11.3. The molecule has 0 saturated carbocycles. The number of hydrogen-bond acceptors (Lipinski definition) is 5. The van der Waals surface area contributed by atoms with Crippen LogP contribution in [-0.2, 0) is 4.74 Å². The van der Waals surface area contributed by atoms with Gasteiger partial charge >= 0.3 is 5.97 Å². The van der Waals surface area contributed by atoms with Crippen LogP contribution in [0.15, 0.2) is 29.4 Å². The van der Waals surface area contributed by atoms with Gasteiger partial charge in [0.2, 0.25) is 0 Å². The zero-order chi connectivity index (χ0) is 10.8. The van der Waals surface area contributed by atoms with Gasteiger partial charge in [0.05, 0.1) is 11.8 Å². The van der Waals surface area contributed by atoms with Crippen LogP contribution in [0.4, 0.5) is 5.69 Å². The van der Waals surface area contributed by atoms with Crippen molar-refractivity contribution in [3.63, 3.8) is 0 Å². The molecule has 2 rings (SSSR count). The third kappa shape index (κ3) is 1.61. The lowest BCUT2D eigenvalue weighted by Gasteiger charge is -1.91. The highest BCUT2D eigenvalue weighted by Crippen LogP contribution is 2.33. The van der Waals surface area contributed by atoms with Gasteiger partial charge in [0.25, 0.3) is 0 Å². The number of esters is 1. The molecule has 0 bridgehead atoms. The van der Waals surface area contributed by atoms with Crippen LogP contribution in [0.2, 0.25) is 0 Å². The van der Waals surface area contributed by atoms with E-state index in [0.717, 1.165) is 5.39 Å². The summed E-state index contributed by atoms with van der Waals surface area (Å²) in [4.78, 5) is 22.2. The van der Waals surface area contributed by atoms with Gasteiger partial charge in [0, 0.05) is 0 Å². The maximum Gasteiger partial charge on any atom is 0.348 e. The second-order valence-electron chi connectivity index (χ2n) is 2.89. The minimum atomic E-state index is -0.395. The van der Waals surface area contributed by atoms with Crippen LogP contribution in [0.1, 0.15) is 9.67 Å². The Morgan fingerprint density at radius 2 is 2.27 bits per heavy atom. The molecule has 0 unspecified atom stereocenters. The first-order valence-electron chi connectivity index (χ1n) is 4.20. The highest BCUT2D eigenvalue weighted by Gasteiger charge is 2.12. The van der Waals surface area contributed by atoms with Gasteiger partial charge in [-0.1, -0.05) is 12.1 Å². The SMILES string of the molecule is COC(=O)c1cc2cccc(N=O)c2s1. The fraction of sp³-hybridized carbons (Fsp3) is 0.100. The lowest BCUT2D eigenvalue weighted by Crippen LogP contribution is -1.96. The van der Waals surface area contributed by atoms with Crippen molar-refractivity contribution in [3.8, 4) is 0 Å². The maximum absolute atomic E-state index is 11.3. The number of carbonyl (C=O) groups excluding carboxylic acids is 1. The van der Waals surface area contributed by atoms with Crippen molar-refractivity contribution < 1.29 is 9.53 Å². The average Bonchev–Trinajstić information content (AvgIpc) is 2.71. The lowest BCUT2D eigenvalue weighted by atomic mass is 10.2. The first kappa shape index (κ1) is 9.79. The van der Waals surface area contributed by atoms with Crippen LogP contribution in [0.25, 0.3) is 10.1 Å². The van der Waals surface area contributed by atoms with Crippen molar-refractivity contribution >= 4 is 33.1 Å². The third-order valence-corrected chi connectivity index (χ3v) is 3.16. The molecule has 0 aliphatic carbocycles. The van der Waals surface area contributed by atoms with Crippen molar-refractivity contribution in [2.75, 3.05) is 7.11 Å². The summed E-state index contributed by atoms with van der Waals surface area (Å²) in [6.07, 6.45) is 0. The Balaban J connectivity index is 2.65. The number of nitroso groups, excluding NO2 is 1. The molecule has 1 aromatic heterocycles. The lowest BCUT2D eigenvalue weighted by molar-refractivity contribution is 0.0606. The number of benzene rings is 1. The monoisotopic (exact) mass is 221 g/mol. The van der Waals surface area contributed by atoms with E-state index in [9.17, 15) is 9.70 Å². The van der Waals surface area contributed by atoms with E-state index >= 15 is 0 Å². The van der Waals surface area contributed by atoms with E-state index in [1.165, 1.54) is 18.4 Å². The van der Waals surface area contributed by atoms with E-state index in [0.29, 0.717) is 15.3 Å². The summed E-state index contributed by atoms with van der Waals surface area (Å²) in [5.74, 6) is -0.395. The Labute approximate surface area is 89.5 Å². The predicted molar refractivity (Wildman–Crippen MR) is 58.6 cm³/mol. The molecule has 0 spiro atoms. The first-order valence-corrected chi connectivity index (χ1v) is 5.02. The zero-order valence-corrected chi connectivity index (χ0v) is 8.71. The molecule has 1 aromatic carbocycles. The Morgan fingerprint density at radius 1 is 1.47 bits per heavy atom. The Bertz CT molecular complexity index is 532. The molecule has 0 aliphatic rings. The number of thiophene rings is 1. The molecule has 0 saturated heterocycles. The molecule has 0 N–H and O–H groups in total. The van der Waals surface area contributed by atoms with Gasteiger partial charge < -0.3 is 4.74 Å². The molecule has 15 heavy (non-hydrogen) atoms. The number of rotatable bonds is 2. The molecule has 1 heterocycles. The summed E-state index contributed by atoms with van der Waals surface area (Å²) in [5.41, 5.74) is 0.354. The van der Waals surface area contributed by atoms with Crippen LogP contribution in [0, 0.1) is 4.91 Å². The molecule has 0 radical (unpaired) electrons. The minimum absolute atomic E-state index is 0.354. The van der Waals surface area contributed by atoms with E-state index in [1.807, 2.05) is 6.07 Å². The van der Waals surface area contributed by atoms with Crippen LogP contribution in [-0.4, -0.2) is 13.1 Å². The summed E-state index contributed by atoms with van der Waals surface area (Å²) >= 11 is 1.21. The molecule has 0 aliphatic heterocycles. The highest BCUT2D eigenvalue weighted by atomic mass is 32.1. The number of carbonyl (C=O) groups is 1. The predicted octanol–water partition coefficient (Wildman–Crippen LogP) is 3.09. The summed E-state index contributed by atoms with van der Waals surface area (Å²) in [6.45, 7) is 0. The van der Waals surface area contributed by atoms with Crippen LogP contribution >= 0.6 is 11.3 Å². The van der Waals surface area contributed by atoms with Crippen LogP contribution in [0.5, 0.6) is 0 Å². The largest absolute Gasteiger partial charge is 0.465 e. The fourth-order valence-electron chi connectivity index (χ4n) is 1.32. The molecule has 0 amide bonds. The third-order valence-electron chi connectivity index (χ3n) is 2.01. The van der Waals surface area contributed by atoms with Crippen molar-refractivity contribution in [2.45, 2.75) is 0 Å². The quantitative estimate of drug-likeness (QED) is 0.578. The summed E-state index contributed by atoms with van der Waals surface area (Å²) in [5, 5.41) is 3.74. The first-order chi connectivity index (χ1) is 7.26. The smallest absolute Gasteiger partial charge is 0.348 e. The Morgan fingerprint density at radius 3 is 2.93 bits per heavy atom. The van der Waals surface area contributed by atoms with Crippen LogP contribution in [0.3, 0.4) is 0 Å². The van der Waals surface area contributed by atoms with Crippen molar-refractivity contribution in [3.05, 3.63) is 34.0 Å². The number of ether oxygens (including phenoxy) is 1. The van der Waals surface area contributed by atoms with Crippen LogP contribution < -0.4 is 0 Å². The van der Waals surface area contributed by atoms with Gasteiger partial charge in [-0.15, -0.1) is 16.2 Å². The van der Waals surface area contributed by atoms with Gasteiger partial charge in [-0.3, -0.25) is 0 Å². The molecule has 76 valence electrons. The average molecular weight is 221 g/mol. The summed E-state index contributed by atoms with van der Waals surface area (Å²) in [7, 11) is 1.33. The van der Waals surface area contributed by atoms with Crippen molar-refractivity contribution in [2.24, 2.45) is 5.18 Å². The minimum Gasteiger partial charge on any atom is -0.465 e. The summed E-state index contributed by atoms with van der Waals surface area (Å²) in [6, 6.07) is 6.87. The second-order valence-corrected chi connectivity index (χ2v) is 3.94. The highest BCUT2D eigenvalue weighted by molar-refractivity contribution is 7.21. The Hall–Kier alpha value is -1.75. The zero-order valence-electron chi connectivity index (χ0n) is 7.89. The standard InChI is InChI=1S/C10H7NO3S/c1-14-10(12)8-5-6-3-2-4-7(11-13)9(6)15-8/h2-5H,1H3. The van der Waals surface area contributed by atoms with E-state index in [1.54, 1.807) is 18.2 Å². The van der Waals surface area contributed by atoms with Gasteiger partial charge in [0.1, 0.15) is 10.6 Å². The molecule has 0 atom stereocenters. The van der Waals surface area contributed by atoms with Crippen molar-refractivity contribution in [1.29, 1.82) is 0 Å². The normalized spacial score (nSPS) is 10.2. The van der Waals surface area contributed by atoms with E-state index in [2.05, 4.69) is 9.91 Å².